The van der Waals surface area contributed by atoms with Crippen molar-refractivity contribution >= 4 is 17.9 Å². The second-order valence-corrected chi connectivity index (χ2v) is 4.20. The first-order valence-corrected chi connectivity index (χ1v) is 5.97. The molecule has 0 spiro atoms. The van der Waals surface area contributed by atoms with E-state index in [2.05, 4.69) is 4.98 Å². The first-order chi connectivity index (χ1) is 9.24. The SMILES string of the molecule is COc1cc(C=O)cc(Cl)c1OCc1ccncc1. The summed E-state index contributed by atoms with van der Waals surface area (Å²) in [5.74, 6) is 0.857. The number of rotatable bonds is 5. The maximum Gasteiger partial charge on any atom is 0.180 e. The first-order valence-electron chi connectivity index (χ1n) is 5.59. The van der Waals surface area contributed by atoms with Crippen molar-refractivity contribution < 1.29 is 14.3 Å². The molecule has 4 nitrogen and oxygen atoms in total. The minimum Gasteiger partial charge on any atom is -0.493 e. The number of carbonyl (C=O) groups excluding carboxylic acids is 1. The smallest absolute Gasteiger partial charge is 0.180 e. The predicted octanol–water partition coefficient (Wildman–Crippen LogP) is 3.14. The van der Waals surface area contributed by atoms with Gasteiger partial charge in [-0.15, -0.1) is 0 Å². The van der Waals surface area contributed by atoms with E-state index in [4.69, 9.17) is 21.1 Å². The molecule has 0 N–H and O–H groups in total. The van der Waals surface area contributed by atoms with E-state index in [9.17, 15) is 4.79 Å². The summed E-state index contributed by atoms with van der Waals surface area (Å²) < 4.78 is 10.8. The average molecular weight is 278 g/mol. The highest BCUT2D eigenvalue weighted by Gasteiger charge is 2.12. The van der Waals surface area contributed by atoms with Crippen molar-refractivity contribution in [3.05, 3.63) is 52.8 Å². The zero-order chi connectivity index (χ0) is 13.7. The molecule has 0 bridgehead atoms. The molecule has 0 aliphatic heterocycles. The van der Waals surface area contributed by atoms with E-state index < -0.39 is 0 Å². The number of ether oxygens (including phenoxy) is 2. The minimum absolute atomic E-state index is 0.343. The number of hydrogen-bond acceptors (Lipinski definition) is 4. The highest BCUT2D eigenvalue weighted by Crippen LogP contribution is 2.36. The van der Waals surface area contributed by atoms with Crippen LogP contribution in [0.1, 0.15) is 15.9 Å². The summed E-state index contributed by atoms with van der Waals surface area (Å²) in [5, 5.41) is 0.343. The summed E-state index contributed by atoms with van der Waals surface area (Å²) in [6.45, 7) is 0.346. The monoisotopic (exact) mass is 277 g/mol. The van der Waals surface area contributed by atoms with Gasteiger partial charge in [0.2, 0.25) is 0 Å². The lowest BCUT2D eigenvalue weighted by atomic mass is 10.2. The van der Waals surface area contributed by atoms with Gasteiger partial charge in [0.05, 0.1) is 12.1 Å². The van der Waals surface area contributed by atoms with Gasteiger partial charge in [-0.25, -0.2) is 0 Å². The third kappa shape index (κ3) is 3.23. The number of methoxy groups -OCH3 is 1. The lowest BCUT2D eigenvalue weighted by molar-refractivity contribution is 0.112. The molecule has 0 saturated heterocycles. The Balaban J connectivity index is 2.22. The molecular weight excluding hydrogens is 266 g/mol. The quantitative estimate of drug-likeness (QED) is 0.788. The molecule has 0 aliphatic rings. The van der Waals surface area contributed by atoms with Crippen LogP contribution in [0.4, 0.5) is 0 Å². The van der Waals surface area contributed by atoms with Crippen molar-refractivity contribution in [3.8, 4) is 11.5 Å². The molecule has 19 heavy (non-hydrogen) atoms. The molecule has 5 heteroatoms. The number of benzene rings is 1. The van der Waals surface area contributed by atoms with Gasteiger partial charge in [0.1, 0.15) is 12.9 Å². The Bertz CT molecular complexity index is 572. The number of pyridine rings is 1. The standard InChI is InChI=1S/C14H12ClNO3/c1-18-13-7-11(8-17)6-12(15)14(13)19-9-10-2-4-16-5-3-10/h2-8H,9H2,1H3. The van der Waals surface area contributed by atoms with Crippen molar-refractivity contribution in [2.75, 3.05) is 7.11 Å². The topological polar surface area (TPSA) is 48.4 Å². The summed E-state index contributed by atoms with van der Waals surface area (Å²) in [6.07, 6.45) is 4.08. The molecule has 0 radical (unpaired) electrons. The summed E-state index contributed by atoms with van der Waals surface area (Å²) in [5.41, 5.74) is 1.41. The van der Waals surface area contributed by atoms with Gasteiger partial charge in [-0.3, -0.25) is 9.78 Å². The third-order valence-corrected chi connectivity index (χ3v) is 2.80. The summed E-state index contributed by atoms with van der Waals surface area (Å²) in [4.78, 5) is 14.7. The van der Waals surface area contributed by atoms with Crippen LogP contribution in [0.5, 0.6) is 11.5 Å². The molecule has 0 fully saturated rings. The summed E-state index contributed by atoms with van der Waals surface area (Å²) in [6, 6.07) is 6.82. The van der Waals surface area contributed by atoms with E-state index in [-0.39, 0.29) is 0 Å². The van der Waals surface area contributed by atoms with Gasteiger partial charge in [-0.1, -0.05) is 11.6 Å². The fraction of sp³-hybridized carbons (Fsp3) is 0.143. The zero-order valence-electron chi connectivity index (χ0n) is 10.3. The summed E-state index contributed by atoms with van der Waals surface area (Å²) in [7, 11) is 1.50. The van der Waals surface area contributed by atoms with Crippen molar-refractivity contribution in [2.24, 2.45) is 0 Å². The van der Waals surface area contributed by atoms with Gasteiger partial charge in [-0.05, 0) is 29.8 Å². The van der Waals surface area contributed by atoms with Gasteiger partial charge in [0.25, 0.3) is 0 Å². The van der Waals surface area contributed by atoms with Crippen LogP contribution in [-0.4, -0.2) is 18.4 Å². The fourth-order valence-corrected chi connectivity index (χ4v) is 1.86. The Labute approximate surface area is 115 Å². The lowest BCUT2D eigenvalue weighted by Gasteiger charge is -2.12. The van der Waals surface area contributed by atoms with E-state index in [0.717, 1.165) is 5.56 Å². The summed E-state index contributed by atoms with van der Waals surface area (Å²) >= 11 is 6.08. The minimum atomic E-state index is 0.343. The second-order valence-electron chi connectivity index (χ2n) is 3.80. The van der Waals surface area contributed by atoms with Gasteiger partial charge in [0.15, 0.2) is 11.5 Å². The van der Waals surface area contributed by atoms with Gasteiger partial charge >= 0.3 is 0 Å². The van der Waals surface area contributed by atoms with Crippen LogP contribution in [-0.2, 0) is 6.61 Å². The number of nitrogens with zero attached hydrogens (tertiary/aromatic N) is 1. The molecule has 1 aromatic carbocycles. The van der Waals surface area contributed by atoms with E-state index in [1.54, 1.807) is 24.5 Å². The van der Waals surface area contributed by atoms with E-state index >= 15 is 0 Å². The zero-order valence-corrected chi connectivity index (χ0v) is 11.1. The lowest BCUT2D eigenvalue weighted by Crippen LogP contribution is -1.99. The molecule has 98 valence electrons. The maximum absolute atomic E-state index is 10.8. The van der Waals surface area contributed by atoms with Crippen LogP contribution < -0.4 is 9.47 Å². The number of halogens is 1. The molecule has 0 amide bonds. The Hall–Kier alpha value is -2.07. The molecule has 2 rings (SSSR count). The number of aromatic nitrogens is 1. The van der Waals surface area contributed by atoms with E-state index in [1.165, 1.54) is 7.11 Å². The molecule has 0 saturated carbocycles. The average Bonchev–Trinajstić information content (AvgIpc) is 2.46. The van der Waals surface area contributed by atoms with Gasteiger partial charge in [0, 0.05) is 18.0 Å². The van der Waals surface area contributed by atoms with E-state index in [0.29, 0.717) is 35.0 Å². The predicted molar refractivity (Wildman–Crippen MR) is 72.0 cm³/mol. The van der Waals surface area contributed by atoms with E-state index in [1.807, 2.05) is 12.1 Å². The molecule has 1 heterocycles. The van der Waals surface area contributed by atoms with Crippen molar-refractivity contribution in [1.29, 1.82) is 0 Å². The third-order valence-electron chi connectivity index (χ3n) is 2.52. The molecule has 0 aliphatic carbocycles. The molecule has 0 unspecified atom stereocenters. The van der Waals surface area contributed by atoms with Crippen LogP contribution in [0, 0.1) is 0 Å². The molecule has 2 aromatic rings. The molecular formula is C14H12ClNO3. The van der Waals surface area contributed by atoms with Gasteiger partial charge < -0.3 is 9.47 Å². The molecule has 0 atom stereocenters. The number of aldehydes is 1. The Morgan fingerprint density at radius 2 is 2.05 bits per heavy atom. The fourth-order valence-electron chi connectivity index (χ4n) is 1.58. The first kappa shape index (κ1) is 13.4. The van der Waals surface area contributed by atoms with Crippen LogP contribution in [0.15, 0.2) is 36.7 Å². The highest BCUT2D eigenvalue weighted by molar-refractivity contribution is 6.32. The van der Waals surface area contributed by atoms with Crippen LogP contribution >= 0.6 is 11.6 Å². The Kier molecular flexibility index (Phi) is 4.36. The number of hydrogen-bond donors (Lipinski definition) is 0. The Morgan fingerprint density at radius 3 is 2.68 bits per heavy atom. The van der Waals surface area contributed by atoms with Gasteiger partial charge in [-0.2, -0.15) is 0 Å². The highest BCUT2D eigenvalue weighted by atomic mass is 35.5. The van der Waals surface area contributed by atoms with Crippen LogP contribution in [0.25, 0.3) is 0 Å². The van der Waals surface area contributed by atoms with Crippen molar-refractivity contribution in [1.82, 2.24) is 4.98 Å². The van der Waals surface area contributed by atoms with Crippen LogP contribution in [0.2, 0.25) is 5.02 Å². The van der Waals surface area contributed by atoms with Crippen molar-refractivity contribution in [2.45, 2.75) is 6.61 Å². The van der Waals surface area contributed by atoms with Crippen LogP contribution in [0.3, 0.4) is 0 Å². The number of carbonyl (C=O) groups is 1. The largest absolute Gasteiger partial charge is 0.493 e. The Morgan fingerprint density at radius 1 is 1.32 bits per heavy atom. The maximum atomic E-state index is 10.8. The van der Waals surface area contributed by atoms with Crippen molar-refractivity contribution in [3.63, 3.8) is 0 Å². The second kappa shape index (κ2) is 6.20. The molecule has 1 aromatic heterocycles. The normalized spacial score (nSPS) is 10.0.